The molecule has 6 nitrogen and oxygen atoms in total. The van der Waals surface area contributed by atoms with Crippen LogP contribution in [0.3, 0.4) is 0 Å². The topological polar surface area (TPSA) is 64.2 Å². The van der Waals surface area contributed by atoms with Crippen molar-refractivity contribution in [3.05, 3.63) is 48.2 Å². The summed E-state index contributed by atoms with van der Waals surface area (Å²) in [6, 6.07) is 9.51. The first-order valence-electron chi connectivity index (χ1n) is 7.84. The Morgan fingerprint density at radius 3 is 2.74 bits per heavy atom. The number of rotatable bonds is 2. The molecule has 1 saturated heterocycles. The molecule has 0 unspecified atom stereocenters. The third-order valence-corrected chi connectivity index (χ3v) is 4.53. The molecule has 0 radical (unpaired) electrons. The van der Waals surface area contributed by atoms with Crippen LogP contribution in [0.5, 0.6) is 0 Å². The second-order valence-electron chi connectivity index (χ2n) is 6.01. The maximum atomic E-state index is 12.6. The lowest BCUT2D eigenvalue weighted by molar-refractivity contribution is 0.0680. The van der Waals surface area contributed by atoms with Crippen molar-refractivity contribution in [3.8, 4) is 0 Å². The standard InChI is InChI=1S/C17H18N4O2/c1-20-11-18-19-16(20)12-6-8-21(9-7-12)17(22)15-10-13-4-2-3-5-14(13)23-15/h2-5,10-12H,6-9H2,1H3. The highest BCUT2D eigenvalue weighted by molar-refractivity contribution is 5.96. The van der Waals surface area contributed by atoms with Crippen molar-refractivity contribution < 1.29 is 9.21 Å². The number of aryl methyl sites for hydroxylation is 1. The van der Waals surface area contributed by atoms with Crippen LogP contribution in [-0.2, 0) is 7.05 Å². The van der Waals surface area contributed by atoms with E-state index in [1.165, 1.54) is 0 Å². The van der Waals surface area contributed by atoms with Gasteiger partial charge >= 0.3 is 0 Å². The molecule has 6 heteroatoms. The number of amides is 1. The number of likely N-dealkylation sites (tertiary alicyclic amines) is 1. The first-order valence-corrected chi connectivity index (χ1v) is 7.84. The van der Waals surface area contributed by atoms with Crippen LogP contribution in [0.2, 0.25) is 0 Å². The molecule has 3 aromatic rings. The van der Waals surface area contributed by atoms with Gasteiger partial charge in [-0.3, -0.25) is 4.79 Å². The minimum atomic E-state index is -0.0300. The molecule has 1 aromatic carbocycles. The average molecular weight is 310 g/mol. The van der Waals surface area contributed by atoms with Crippen molar-refractivity contribution in [2.75, 3.05) is 13.1 Å². The summed E-state index contributed by atoms with van der Waals surface area (Å²) in [6.07, 6.45) is 3.53. The molecule has 0 aliphatic carbocycles. The highest BCUT2D eigenvalue weighted by Crippen LogP contribution is 2.28. The zero-order chi connectivity index (χ0) is 15.8. The van der Waals surface area contributed by atoms with E-state index in [0.29, 0.717) is 24.8 Å². The number of nitrogens with zero attached hydrogens (tertiary/aromatic N) is 4. The Bertz CT molecular complexity index is 810. The van der Waals surface area contributed by atoms with E-state index in [1.807, 2.05) is 46.8 Å². The molecule has 1 aliphatic heterocycles. The Morgan fingerprint density at radius 2 is 2.04 bits per heavy atom. The zero-order valence-electron chi connectivity index (χ0n) is 13.0. The van der Waals surface area contributed by atoms with Gasteiger partial charge in [-0.25, -0.2) is 0 Å². The first-order chi connectivity index (χ1) is 11.2. The van der Waals surface area contributed by atoms with Gasteiger partial charge in [0.25, 0.3) is 5.91 Å². The van der Waals surface area contributed by atoms with Crippen LogP contribution < -0.4 is 0 Å². The molecule has 118 valence electrons. The summed E-state index contributed by atoms with van der Waals surface area (Å²) in [4.78, 5) is 14.5. The van der Waals surface area contributed by atoms with E-state index in [4.69, 9.17) is 4.42 Å². The van der Waals surface area contributed by atoms with Crippen LogP contribution in [0, 0.1) is 0 Å². The zero-order valence-corrected chi connectivity index (χ0v) is 13.0. The molecule has 2 aromatic heterocycles. The van der Waals surface area contributed by atoms with Crippen molar-refractivity contribution in [2.45, 2.75) is 18.8 Å². The van der Waals surface area contributed by atoms with Crippen molar-refractivity contribution in [3.63, 3.8) is 0 Å². The van der Waals surface area contributed by atoms with Crippen LogP contribution in [0.4, 0.5) is 0 Å². The lowest BCUT2D eigenvalue weighted by atomic mass is 9.96. The van der Waals surface area contributed by atoms with Crippen LogP contribution in [-0.4, -0.2) is 38.7 Å². The number of carbonyl (C=O) groups is 1. The van der Waals surface area contributed by atoms with Crippen molar-refractivity contribution in [1.29, 1.82) is 0 Å². The van der Waals surface area contributed by atoms with Gasteiger partial charge in [0.1, 0.15) is 17.7 Å². The van der Waals surface area contributed by atoms with Crippen LogP contribution in [0.1, 0.15) is 35.1 Å². The molecule has 0 atom stereocenters. The monoisotopic (exact) mass is 310 g/mol. The maximum Gasteiger partial charge on any atom is 0.289 e. The summed E-state index contributed by atoms with van der Waals surface area (Å²) in [5.41, 5.74) is 0.754. The second-order valence-corrected chi connectivity index (χ2v) is 6.01. The fourth-order valence-electron chi connectivity index (χ4n) is 3.25. The van der Waals surface area contributed by atoms with Crippen molar-refractivity contribution in [1.82, 2.24) is 19.7 Å². The summed E-state index contributed by atoms with van der Waals surface area (Å²) in [7, 11) is 1.96. The summed E-state index contributed by atoms with van der Waals surface area (Å²) in [5.74, 6) is 1.75. The lowest BCUT2D eigenvalue weighted by Crippen LogP contribution is -2.38. The van der Waals surface area contributed by atoms with Gasteiger partial charge in [0.15, 0.2) is 5.76 Å². The molecular weight excluding hydrogens is 292 g/mol. The Kier molecular flexibility index (Phi) is 3.37. The molecule has 0 N–H and O–H groups in total. The molecule has 3 heterocycles. The van der Waals surface area contributed by atoms with Crippen LogP contribution >= 0.6 is 0 Å². The molecule has 4 rings (SSSR count). The summed E-state index contributed by atoms with van der Waals surface area (Å²) in [6.45, 7) is 1.43. The van der Waals surface area contributed by atoms with Gasteiger partial charge in [-0.15, -0.1) is 10.2 Å². The number of furan rings is 1. The van der Waals surface area contributed by atoms with E-state index in [-0.39, 0.29) is 5.91 Å². The lowest BCUT2D eigenvalue weighted by Gasteiger charge is -2.30. The van der Waals surface area contributed by atoms with Gasteiger partial charge in [-0.2, -0.15) is 0 Å². The number of para-hydroxylation sites is 1. The minimum absolute atomic E-state index is 0.0300. The number of piperidine rings is 1. The van der Waals surface area contributed by atoms with Gasteiger partial charge in [-0.1, -0.05) is 18.2 Å². The number of aromatic nitrogens is 3. The highest BCUT2D eigenvalue weighted by atomic mass is 16.3. The third-order valence-electron chi connectivity index (χ3n) is 4.53. The number of carbonyl (C=O) groups excluding carboxylic acids is 1. The quantitative estimate of drug-likeness (QED) is 0.730. The van der Waals surface area contributed by atoms with E-state index in [0.717, 1.165) is 29.6 Å². The molecule has 23 heavy (non-hydrogen) atoms. The van der Waals surface area contributed by atoms with E-state index < -0.39 is 0 Å². The first kappa shape index (κ1) is 14.0. The Hall–Kier alpha value is -2.63. The predicted octanol–water partition coefficient (Wildman–Crippen LogP) is 2.58. The Morgan fingerprint density at radius 1 is 1.26 bits per heavy atom. The molecule has 0 spiro atoms. The normalized spacial score (nSPS) is 16.1. The van der Waals surface area contributed by atoms with Gasteiger partial charge < -0.3 is 13.9 Å². The fraction of sp³-hybridized carbons (Fsp3) is 0.353. The number of hydrogen-bond acceptors (Lipinski definition) is 4. The van der Waals surface area contributed by atoms with Gasteiger partial charge in [-0.05, 0) is 25.0 Å². The molecule has 0 bridgehead atoms. The highest BCUT2D eigenvalue weighted by Gasteiger charge is 2.28. The van der Waals surface area contributed by atoms with Gasteiger partial charge in [0.05, 0.1) is 0 Å². The van der Waals surface area contributed by atoms with E-state index in [2.05, 4.69) is 10.2 Å². The molecule has 0 saturated carbocycles. The van der Waals surface area contributed by atoms with Crippen molar-refractivity contribution in [2.24, 2.45) is 7.05 Å². The van der Waals surface area contributed by atoms with Gasteiger partial charge in [0.2, 0.25) is 0 Å². The number of hydrogen-bond donors (Lipinski definition) is 0. The van der Waals surface area contributed by atoms with E-state index in [9.17, 15) is 4.79 Å². The Labute approximate surface area is 133 Å². The van der Waals surface area contributed by atoms with Crippen molar-refractivity contribution >= 4 is 16.9 Å². The fourth-order valence-corrected chi connectivity index (χ4v) is 3.25. The molecule has 1 fully saturated rings. The van der Waals surface area contributed by atoms with E-state index >= 15 is 0 Å². The summed E-state index contributed by atoms with van der Waals surface area (Å²) < 4.78 is 7.64. The average Bonchev–Trinajstić information content (AvgIpc) is 3.20. The number of fused-ring (bicyclic) bond motifs is 1. The largest absolute Gasteiger partial charge is 0.451 e. The molecule has 1 aliphatic rings. The summed E-state index contributed by atoms with van der Waals surface area (Å²) >= 11 is 0. The third kappa shape index (κ3) is 2.50. The smallest absolute Gasteiger partial charge is 0.289 e. The number of benzene rings is 1. The van der Waals surface area contributed by atoms with E-state index in [1.54, 1.807) is 6.33 Å². The molecule has 1 amide bonds. The minimum Gasteiger partial charge on any atom is -0.451 e. The summed E-state index contributed by atoms with van der Waals surface area (Å²) in [5, 5.41) is 9.09. The Balaban J connectivity index is 1.47. The van der Waals surface area contributed by atoms with Crippen LogP contribution in [0.15, 0.2) is 41.1 Å². The second kappa shape index (κ2) is 5.53. The molecular formula is C17H18N4O2. The predicted molar refractivity (Wildman–Crippen MR) is 85.1 cm³/mol. The van der Waals surface area contributed by atoms with Crippen LogP contribution in [0.25, 0.3) is 11.0 Å². The SMILES string of the molecule is Cn1cnnc1C1CCN(C(=O)c2cc3ccccc3o2)CC1. The maximum absolute atomic E-state index is 12.6. The van der Waals surface area contributed by atoms with Gasteiger partial charge in [0, 0.05) is 31.4 Å².